The number of piperidine rings is 1. The van der Waals surface area contributed by atoms with E-state index in [0.29, 0.717) is 23.7 Å². The van der Waals surface area contributed by atoms with Gasteiger partial charge in [-0.1, -0.05) is 24.6 Å². The third-order valence-corrected chi connectivity index (χ3v) is 6.23. The lowest BCUT2D eigenvalue weighted by Gasteiger charge is -2.25. The van der Waals surface area contributed by atoms with Gasteiger partial charge in [0.05, 0.1) is 12.0 Å². The molecule has 0 spiro atoms. The largest absolute Gasteiger partial charge is 0.504 e. The van der Waals surface area contributed by atoms with Crippen LogP contribution in [0.15, 0.2) is 47.4 Å². The lowest BCUT2D eigenvalue weighted by Crippen LogP contribution is -2.35. The van der Waals surface area contributed by atoms with Crippen LogP contribution in [-0.2, 0) is 10.0 Å². The molecule has 2 aromatic carbocycles. The quantitative estimate of drug-likeness (QED) is 0.922. The number of sulfonamides is 1. The molecule has 0 amide bonds. The maximum atomic E-state index is 12.7. The molecule has 0 unspecified atom stereocenters. The fourth-order valence-electron chi connectivity index (χ4n) is 2.93. The Morgan fingerprint density at radius 1 is 0.958 bits per heavy atom. The van der Waals surface area contributed by atoms with Gasteiger partial charge in [-0.15, -0.1) is 0 Å². The maximum Gasteiger partial charge on any atom is 0.243 e. The van der Waals surface area contributed by atoms with E-state index in [1.807, 2.05) is 0 Å². The van der Waals surface area contributed by atoms with E-state index in [-0.39, 0.29) is 5.75 Å². The van der Waals surface area contributed by atoms with Crippen LogP contribution in [0.4, 0.5) is 0 Å². The molecule has 1 fully saturated rings. The van der Waals surface area contributed by atoms with Gasteiger partial charge in [-0.2, -0.15) is 4.31 Å². The number of hydrogen-bond acceptors (Lipinski definition) is 4. The van der Waals surface area contributed by atoms with E-state index in [1.54, 1.807) is 46.8 Å². The molecule has 3 rings (SSSR count). The lowest BCUT2D eigenvalue weighted by molar-refractivity contribution is 0.346. The fraction of sp³-hybridized carbons (Fsp3) is 0.333. The second-order valence-corrected chi connectivity index (χ2v) is 7.81. The Kier molecular flexibility index (Phi) is 4.78. The summed E-state index contributed by atoms with van der Waals surface area (Å²) in [5, 5.41) is 9.67. The SMILES string of the molecule is COc1cc(-c2ccc(S(=O)(=O)N3CCCCC3)cc2)ccc1O. The number of methoxy groups -OCH3 is 1. The van der Waals surface area contributed by atoms with E-state index in [9.17, 15) is 13.5 Å². The predicted octanol–water partition coefficient (Wildman–Crippen LogP) is 3.24. The number of phenolic OH excluding ortho intramolecular Hbond substituents is 1. The van der Waals surface area contributed by atoms with Crippen LogP contribution in [-0.4, -0.2) is 38.0 Å². The first kappa shape index (κ1) is 16.8. The van der Waals surface area contributed by atoms with Crippen molar-refractivity contribution in [2.45, 2.75) is 24.2 Å². The third-order valence-electron chi connectivity index (χ3n) is 4.32. The molecule has 1 N–H and O–H groups in total. The molecule has 5 nitrogen and oxygen atoms in total. The minimum Gasteiger partial charge on any atom is -0.504 e. The highest BCUT2D eigenvalue weighted by Crippen LogP contribution is 2.32. The van der Waals surface area contributed by atoms with Gasteiger partial charge in [0.1, 0.15) is 0 Å². The second kappa shape index (κ2) is 6.83. The summed E-state index contributed by atoms with van der Waals surface area (Å²) in [5.74, 6) is 0.461. The summed E-state index contributed by atoms with van der Waals surface area (Å²) in [6.45, 7) is 1.19. The topological polar surface area (TPSA) is 66.8 Å². The van der Waals surface area contributed by atoms with Crippen LogP contribution in [0.3, 0.4) is 0 Å². The van der Waals surface area contributed by atoms with Crippen LogP contribution < -0.4 is 4.74 Å². The van der Waals surface area contributed by atoms with Crippen LogP contribution in [0, 0.1) is 0 Å². The number of rotatable bonds is 4. The smallest absolute Gasteiger partial charge is 0.243 e. The Morgan fingerprint density at radius 2 is 1.58 bits per heavy atom. The average molecular weight is 347 g/mol. The van der Waals surface area contributed by atoms with E-state index in [2.05, 4.69) is 0 Å². The molecular formula is C18H21NO4S. The zero-order valence-corrected chi connectivity index (χ0v) is 14.4. The van der Waals surface area contributed by atoms with Gasteiger partial charge in [-0.25, -0.2) is 8.42 Å². The molecule has 24 heavy (non-hydrogen) atoms. The number of aromatic hydroxyl groups is 1. The highest BCUT2D eigenvalue weighted by molar-refractivity contribution is 7.89. The molecule has 0 bridgehead atoms. The molecule has 0 saturated carbocycles. The number of phenols is 1. The Morgan fingerprint density at radius 3 is 2.21 bits per heavy atom. The Bertz CT molecular complexity index is 809. The highest BCUT2D eigenvalue weighted by Gasteiger charge is 2.25. The maximum absolute atomic E-state index is 12.7. The summed E-state index contributed by atoms with van der Waals surface area (Å²) in [6.07, 6.45) is 2.93. The van der Waals surface area contributed by atoms with Gasteiger partial charge < -0.3 is 9.84 Å². The molecule has 1 heterocycles. The first-order chi connectivity index (χ1) is 11.5. The molecule has 0 aliphatic carbocycles. The number of ether oxygens (including phenoxy) is 1. The van der Waals surface area contributed by atoms with Crippen molar-refractivity contribution in [3.63, 3.8) is 0 Å². The van der Waals surface area contributed by atoms with Gasteiger partial charge in [0, 0.05) is 13.1 Å². The summed E-state index contributed by atoms with van der Waals surface area (Å²) in [5.41, 5.74) is 1.72. The van der Waals surface area contributed by atoms with Crippen molar-refractivity contribution in [2.24, 2.45) is 0 Å². The minimum absolute atomic E-state index is 0.0746. The molecular weight excluding hydrogens is 326 g/mol. The van der Waals surface area contributed by atoms with Gasteiger partial charge in [0.15, 0.2) is 11.5 Å². The van der Waals surface area contributed by atoms with E-state index < -0.39 is 10.0 Å². The van der Waals surface area contributed by atoms with Crippen LogP contribution in [0.2, 0.25) is 0 Å². The Labute approximate surface area is 142 Å². The number of benzene rings is 2. The van der Waals surface area contributed by atoms with Gasteiger partial charge in [0.25, 0.3) is 0 Å². The van der Waals surface area contributed by atoms with Gasteiger partial charge in [-0.3, -0.25) is 0 Å². The van der Waals surface area contributed by atoms with Crippen LogP contribution in [0.25, 0.3) is 11.1 Å². The summed E-state index contributed by atoms with van der Waals surface area (Å²) in [4.78, 5) is 0.318. The zero-order valence-electron chi connectivity index (χ0n) is 13.6. The summed E-state index contributed by atoms with van der Waals surface area (Å²) in [6, 6.07) is 11.9. The molecule has 2 aromatic rings. The van der Waals surface area contributed by atoms with Gasteiger partial charge >= 0.3 is 0 Å². The monoisotopic (exact) mass is 347 g/mol. The van der Waals surface area contributed by atoms with Crippen molar-refractivity contribution in [1.29, 1.82) is 0 Å². The van der Waals surface area contributed by atoms with Crippen molar-refractivity contribution < 1.29 is 18.3 Å². The summed E-state index contributed by atoms with van der Waals surface area (Å²) in [7, 11) is -1.92. The summed E-state index contributed by atoms with van der Waals surface area (Å²) >= 11 is 0. The van der Waals surface area contributed by atoms with Gasteiger partial charge in [0.2, 0.25) is 10.0 Å². The van der Waals surface area contributed by atoms with E-state index in [1.165, 1.54) is 7.11 Å². The standard InChI is InChI=1S/C18H21NO4S/c1-23-18-13-15(7-10-17(18)20)14-5-8-16(9-6-14)24(21,22)19-11-3-2-4-12-19/h5-10,13,20H,2-4,11-12H2,1H3. The number of nitrogens with zero attached hydrogens (tertiary/aromatic N) is 1. The highest BCUT2D eigenvalue weighted by atomic mass is 32.2. The Balaban J connectivity index is 1.88. The molecule has 128 valence electrons. The first-order valence-corrected chi connectivity index (χ1v) is 9.44. The first-order valence-electron chi connectivity index (χ1n) is 8.00. The molecule has 0 atom stereocenters. The van der Waals surface area contributed by atoms with Crippen molar-refractivity contribution in [2.75, 3.05) is 20.2 Å². The lowest BCUT2D eigenvalue weighted by atomic mass is 10.1. The van der Waals surface area contributed by atoms with Crippen molar-refractivity contribution >= 4 is 10.0 Å². The fourth-order valence-corrected chi connectivity index (χ4v) is 4.45. The zero-order chi connectivity index (χ0) is 17.2. The molecule has 6 heteroatoms. The second-order valence-electron chi connectivity index (χ2n) is 5.88. The normalized spacial score (nSPS) is 16.0. The molecule has 0 aromatic heterocycles. The van der Waals surface area contributed by atoms with E-state index in [4.69, 9.17) is 4.74 Å². The average Bonchev–Trinajstić information content (AvgIpc) is 2.63. The van der Waals surface area contributed by atoms with Crippen molar-refractivity contribution in [3.05, 3.63) is 42.5 Å². The number of hydrogen-bond donors (Lipinski definition) is 1. The van der Waals surface area contributed by atoms with E-state index >= 15 is 0 Å². The van der Waals surface area contributed by atoms with Gasteiger partial charge in [-0.05, 0) is 48.2 Å². The third kappa shape index (κ3) is 3.25. The van der Waals surface area contributed by atoms with Crippen LogP contribution in [0.5, 0.6) is 11.5 Å². The minimum atomic E-state index is -3.41. The Hall–Kier alpha value is -2.05. The predicted molar refractivity (Wildman–Crippen MR) is 92.7 cm³/mol. The van der Waals surface area contributed by atoms with Crippen molar-refractivity contribution in [3.8, 4) is 22.6 Å². The molecule has 1 aliphatic rings. The van der Waals surface area contributed by atoms with Crippen LogP contribution >= 0.6 is 0 Å². The molecule has 1 aliphatic heterocycles. The molecule has 1 saturated heterocycles. The summed E-state index contributed by atoms with van der Waals surface area (Å²) < 4.78 is 32.0. The van der Waals surface area contributed by atoms with E-state index in [0.717, 1.165) is 30.4 Å². The van der Waals surface area contributed by atoms with Crippen molar-refractivity contribution in [1.82, 2.24) is 4.31 Å². The molecule has 0 radical (unpaired) electrons. The van der Waals surface area contributed by atoms with Crippen LogP contribution in [0.1, 0.15) is 19.3 Å².